The van der Waals surface area contributed by atoms with Crippen molar-refractivity contribution in [3.8, 4) is 0 Å². The van der Waals surface area contributed by atoms with Gasteiger partial charge in [-0.2, -0.15) is 0 Å². The lowest BCUT2D eigenvalue weighted by atomic mass is 9.94. The molecule has 0 bridgehead atoms. The molecule has 1 atom stereocenters. The summed E-state index contributed by atoms with van der Waals surface area (Å²) in [7, 11) is 0. The molecule has 1 aliphatic heterocycles. The molecule has 12 heavy (non-hydrogen) atoms. The number of allylic oxidation sites excluding steroid dienone is 1. The first-order valence-electron chi connectivity index (χ1n) is 4.64. The lowest BCUT2D eigenvalue weighted by Gasteiger charge is -2.16. The third-order valence-electron chi connectivity index (χ3n) is 2.00. The maximum Gasteiger partial charge on any atom is 0.106 e. The zero-order valence-corrected chi connectivity index (χ0v) is 8.22. The second kappa shape index (κ2) is 3.48. The minimum absolute atomic E-state index is 0.0777. The molecule has 0 unspecified atom stereocenters. The van der Waals surface area contributed by atoms with E-state index in [4.69, 9.17) is 0 Å². The Balaban J connectivity index is 2.56. The fraction of sp³-hybridized carbons (Fsp3) is 0.800. The maximum atomic E-state index is 9.68. The van der Waals surface area contributed by atoms with Crippen molar-refractivity contribution in [2.45, 2.75) is 39.7 Å². The highest BCUT2D eigenvalue weighted by Gasteiger charge is 2.19. The molecule has 1 heterocycles. The number of nitrogens with one attached hydrogen (secondary N) is 1. The summed E-state index contributed by atoms with van der Waals surface area (Å²) in [5.74, 6) is 0.514. The molecule has 0 saturated carbocycles. The first kappa shape index (κ1) is 9.59. The summed E-state index contributed by atoms with van der Waals surface area (Å²) >= 11 is 0. The van der Waals surface area contributed by atoms with Crippen LogP contribution in [-0.4, -0.2) is 17.7 Å². The Bertz CT molecular complexity index is 173. The molecule has 1 rings (SSSR count). The normalized spacial score (nSPS) is 26.2. The summed E-state index contributed by atoms with van der Waals surface area (Å²) in [6.45, 7) is 7.32. The summed E-state index contributed by atoms with van der Waals surface area (Å²) in [5, 5.41) is 12.9. The number of rotatable bonds is 1. The van der Waals surface area contributed by atoms with Gasteiger partial charge in [-0.1, -0.05) is 20.8 Å². The van der Waals surface area contributed by atoms with Crippen molar-refractivity contribution in [2.24, 2.45) is 5.41 Å². The molecule has 0 aromatic carbocycles. The van der Waals surface area contributed by atoms with E-state index in [-0.39, 0.29) is 11.5 Å². The van der Waals surface area contributed by atoms with Crippen LogP contribution < -0.4 is 5.32 Å². The predicted octanol–water partition coefficient (Wildman–Crippen LogP) is 2.23. The first-order chi connectivity index (χ1) is 5.49. The third-order valence-corrected chi connectivity index (χ3v) is 2.00. The van der Waals surface area contributed by atoms with Gasteiger partial charge in [-0.15, -0.1) is 0 Å². The molecule has 0 aliphatic carbocycles. The van der Waals surface area contributed by atoms with Crippen molar-refractivity contribution >= 4 is 0 Å². The van der Waals surface area contributed by atoms with Crippen molar-refractivity contribution in [2.75, 3.05) is 6.54 Å². The third kappa shape index (κ3) is 2.86. The van der Waals surface area contributed by atoms with Crippen LogP contribution in [0.3, 0.4) is 0 Å². The lowest BCUT2D eigenvalue weighted by molar-refractivity contribution is 0.339. The molecule has 1 aliphatic rings. The Kier molecular flexibility index (Phi) is 2.78. The van der Waals surface area contributed by atoms with E-state index in [9.17, 15) is 5.11 Å². The van der Waals surface area contributed by atoms with Crippen LogP contribution >= 0.6 is 0 Å². The monoisotopic (exact) mass is 169 g/mol. The van der Waals surface area contributed by atoms with Gasteiger partial charge in [-0.05, 0) is 30.9 Å². The van der Waals surface area contributed by atoms with Gasteiger partial charge in [-0.3, -0.25) is 0 Å². The summed E-state index contributed by atoms with van der Waals surface area (Å²) in [5.41, 5.74) is 0.0777. The number of aliphatic hydroxyl groups excluding tert-OH is 1. The Morgan fingerprint density at radius 2 is 2.17 bits per heavy atom. The highest BCUT2D eigenvalue weighted by molar-refractivity contribution is 5.07. The van der Waals surface area contributed by atoms with E-state index in [1.165, 1.54) is 6.42 Å². The Morgan fingerprint density at radius 3 is 2.58 bits per heavy atom. The Labute approximate surface area is 74.7 Å². The van der Waals surface area contributed by atoms with Crippen LogP contribution in [0.2, 0.25) is 0 Å². The van der Waals surface area contributed by atoms with Gasteiger partial charge in [0, 0.05) is 0 Å². The molecular formula is C10H19NO. The van der Waals surface area contributed by atoms with Crippen LogP contribution in [0.4, 0.5) is 0 Å². The molecule has 2 N–H and O–H groups in total. The van der Waals surface area contributed by atoms with Crippen LogP contribution in [0.1, 0.15) is 33.6 Å². The van der Waals surface area contributed by atoms with E-state index >= 15 is 0 Å². The van der Waals surface area contributed by atoms with Crippen molar-refractivity contribution in [3.63, 3.8) is 0 Å². The van der Waals surface area contributed by atoms with Crippen molar-refractivity contribution in [3.05, 3.63) is 11.8 Å². The summed E-state index contributed by atoms with van der Waals surface area (Å²) in [4.78, 5) is 0. The second-order valence-corrected chi connectivity index (χ2v) is 4.58. The van der Waals surface area contributed by atoms with Crippen molar-refractivity contribution in [1.29, 1.82) is 0 Å². The molecule has 1 fully saturated rings. The maximum absolute atomic E-state index is 9.68. The molecule has 2 nitrogen and oxygen atoms in total. The van der Waals surface area contributed by atoms with Gasteiger partial charge in [-0.25, -0.2) is 0 Å². The van der Waals surface area contributed by atoms with Crippen molar-refractivity contribution < 1.29 is 5.11 Å². The van der Waals surface area contributed by atoms with Crippen molar-refractivity contribution in [1.82, 2.24) is 5.32 Å². The molecule has 70 valence electrons. The fourth-order valence-electron chi connectivity index (χ4n) is 1.48. The molecule has 0 radical (unpaired) electrons. The molecular weight excluding hydrogens is 150 g/mol. The van der Waals surface area contributed by atoms with E-state index in [0.29, 0.717) is 5.76 Å². The van der Waals surface area contributed by atoms with E-state index in [1.54, 1.807) is 0 Å². The van der Waals surface area contributed by atoms with Crippen LogP contribution in [0.5, 0.6) is 0 Å². The minimum atomic E-state index is 0.0777. The van der Waals surface area contributed by atoms with Gasteiger partial charge in [0.1, 0.15) is 5.76 Å². The van der Waals surface area contributed by atoms with Gasteiger partial charge in [0.2, 0.25) is 0 Å². The molecule has 0 amide bonds. The van der Waals surface area contributed by atoms with E-state index < -0.39 is 0 Å². The fourth-order valence-corrected chi connectivity index (χ4v) is 1.48. The van der Waals surface area contributed by atoms with Gasteiger partial charge in [0.15, 0.2) is 0 Å². The lowest BCUT2D eigenvalue weighted by Crippen LogP contribution is -2.24. The SMILES string of the molecule is CC(C)(C)/C=C(\O)[C@@H]1CCCN1. The Hall–Kier alpha value is -0.500. The molecule has 0 spiro atoms. The quantitative estimate of drug-likeness (QED) is 0.590. The number of hydrogen-bond acceptors (Lipinski definition) is 2. The Morgan fingerprint density at radius 1 is 1.50 bits per heavy atom. The zero-order chi connectivity index (χ0) is 9.19. The first-order valence-corrected chi connectivity index (χ1v) is 4.64. The zero-order valence-electron chi connectivity index (χ0n) is 8.22. The van der Waals surface area contributed by atoms with Crippen LogP contribution in [0.15, 0.2) is 11.8 Å². The smallest absolute Gasteiger partial charge is 0.106 e. The molecule has 1 saturated heterocycles. The molecule has 2 heteroatoms. The van der Waals surface area contributed by atoms with Gasteiger partial charge in [0.25, 0.3) is 0 Å². The molecule has 0 aromatic heterocycles. The highest BCUT2D eigenvalue weighted by Crippen LogP contribution is 2.20. The number of aliphatic hydroxyl groups is 1. The van der Waals surface area contributed by atoms with E-state index in [0.717, 1.165) is 13.0 Å². The summed E-state index contributed by atoms with van der Waals surface area (Å²) in [6, 6.07) is 0.212. The largest absolute Gasteiger partial charge is 0.511 e. The topological polar surface area (TPSA) is 32.3 Å². The van der Waals surface area contributed by atoms with Gasteiger partial charge < -0.3 is 10.4 Å². The van der Waals surface area contributed by atoms with E-state index in [1.807, 2.05) is 6.08 Å². The van der Waals surface area contributed by atoms with E-state index in [2.05, 4.69) is 26.1 Å². The average Bonchev–Trinajstić information content (AvgIpc) is 2.32. The predicted molar refractivity (Wildman–Crippen MR) is 51.2 cm³/mol. The summed E-state index contributed by atoms with van der Waals surface area (Å²) in [6.07, 6.45) is 4.18. The van der Waals surface area contributed by atoms with Crippen LogP contribution in [0.25, 0.3) is 0 Å². The second-order valence-electron chi connectivity index (χ2n) is 4.58. The van der Waals surface area contributed by atoms with Crippen LogP contribution in [0, 0.1) is 5.41 Å². The molecule has 0 aromatic rings. The number of hydrogen-bond donors (Lipinski definition) is 2. The van der Waals surface area contributed by atoms with Gasteiger partial charge >= 0.3 is 0 Å². The van der Waals surface area contributed by atoms with Crippen LogP contribution in [-0.2, 0) is 0 Å². The summed E-state index contributed by atoms with van der Waals surface area (Å²) < 4.78 is 0. The minimum Gasteiger partial charge on any atom is -0.511 e. The highest BCUT2D eigenvalue weighted by atomic mass is 16.3. The average molecular weight is 169 g/mol. The standard InChI is InChI=1S/C10H19NO/c1-10(2,3)7-9(12)8-5-4-6-11-8/h7-8,11-12H,4-6H2,1-3H3/b9-7-/t8-/m0/s1. The van der Waals surface area contributed by atoms with Gasteiger partial charge in [0.05, 0.1) is 6.04 Å².